The molecule has 0 radical (unpaired) electrons. The fourth-order valence-corrected chi connectivity index (χ4v) is 3.22. The van der Waals surface area contributed by atoms with Crippen molar-refractivity contribution in [1.29, 1.82) is 0 Å². The monoisotopic (exact) mass is 369 g/mol. The third kappa shape index (κ3) is 4.86. The minimum atomic E-state index is -0.472. The number of hydrogen-bond donors (Lipinski definition) is 1. The number of esters is 1. The second-order valence-corrected chi connectivity index (χ2v) is 6.20. The van der Waals surface area contributed by atoms with Crippen LogP contribution in [-0.2, 0) is 19.0 Å². The summed E-state index contributed by atoms with van der Waals surface area (Å²) >= 11 is 0. The summed E-state index contributed by atoms with van der Waals surface area (Å²) in [5, 5.41) is 2.66. The number of alkyl carbamates (subject to hydrolysis) is 1. The second-order valence-electron chi connectivity index (χ2n) is 6.20. The molecule has 0 heterocycles. The highest BCUT2D eigenvalue weighted by atomic mass is 16.6. The molecule has 0 atom stereocenters. The van der Waals surface area contributed by atoms with E-state index in [0.29, 0.717) is 19.8 Å². The van der Waals surface area contributed by atoms with Crippen LogP contribution in [0.3, 0.4) is 0 Å². The number of ether oxygens (including phenoxy) is 3. The van der Waals surface area contributed by atoms with Crippen molar-refractivity contribution in [1.82, 2.24) is 5.32 Å². The van der Waals surface area contributed by atoms with Crippen LogP contribution in [0.5, 0.6) is 0 Å². The number of amides is 1. The summed E-state index contributed by atoms with van der Waals surface area (Å²) in [5.41, 5.74) is 4.76. The lowest BCUT2D eigenvalue weighted by Crippen LogP contribution is -2.29. The molecule has 6 nitrogen and oxygen atoms in total. The Balaban J connectivity index is 1.44. The van der Waals surface area contributed by atoms with Gasteiger partial charge in [0.1, 0.15) is 13.2 Å². The van der Waals surface area contributed by atoms with Gasteiger partial charge in [-0.1, -0.05) is 48.5 Å². The average Bonchev–Trinajstić information content (AvgIpc) is 2.99. The van der Waals surface area contributed by atoms with Crippen LogP contribution in [0.4, 0.5) is 4.79 Å². The molecule has 2 aromatic rings. The van der Waals surface area contributed by atoms with Gasteiger partial charge in [-0.2, -0.15) is 0 Å². The second kappa shape index (κ2) is 9.19. The van der Waals surface area contributed by atoms with Gasteiger partial charge in [0.2, 0.25) is 0 Å². The first kappa shape index (κ1) is 18.9. The van der Waals surface area contributed by atoms with Crippen molar-refractivity contribution in [2.45, 2.75) is 12.8 Å². The highest BCUT2D eigenvalue weighted by Gasteiger charge is 2.28. The lowest BCUT2D eigenvalue weighted by Gasteiger charge is -2.14. The van der Waals surface area contributed by atoms with Crippen LogP contribution in [0.2, 0.25) is 0 Å². The van der Waals surface area contributed by atoms with E-state index in [1.807, 2.05) is 24.3 Å². The zero-order valence-electron chi connectivity index (χ0n) is 15.3. The first-order valence-corrected chi connectivity index (χ1v) is 8.97. The van der Waals surface area contributed by atoms with E-state index in [1.165, 1.54) is 29.2 Å². The first-order valence-electron chi connectivity index (χ1n) is 8.97. The number of hydrogen-bond acceptors (Lipinski definition) is 5. The van der Waals surface area contributed by atoms with Gasteiger partial charge in [-0.3, -0.25) is 4.79 Å². The maximum absolute atomic E-state index is 11.9. The molecule has 1 aliphatic carbocycles. The fraction of sp³-hybridized carbons (Fsp3) is 0.333. The third-order valence-corrected chi connectivity index (χ3v) is 4.39. The average molecular weight is 369 g/mol. The van der Waals surface area contributed by atoms with E-state index in [9.17, 15) is 9.59 Å². The van der Waals surface area contributed by atoms with Crippen molar-refractivity contribution in [3.05, 3.63) is 59.7 Å². The van der Waals surface area contributed by atoms with Crippen molar-refractivity contribution >= 4 is 12.1 Å². The molecule has 1 N–H and O–H groups in total. The molecule has 0 aromatic heterocycles. The number of rotatable bonds is 8. The summed E-state index contributed by atoms with van der Waals surface area (Å²) in [7, 11) is 0. The molecule has 0 aliphatic heterocycles. The van der Waals surface area contributed by atoms with Crippen molar-refractivity contribution in [3.63, 3.8) is 0 Å². The molecular weight excluding hydrogens is 346 g/mol. The van der Waals surface area contributed by atoms with Gasteiger partial charge in [-0.25, -0.2) is 4.79 Å². The van der Waals surface area contributed by atoms with Crippen molar-refractivity contribution in [2.75, 3.05) is 33.0 Å². The largest absolute Gasteiger partial charge is 0.463 e. The zero-order chi connectivity index (χ0) is 19.1. The topological polar surface area (TPSA) is 73.9 Å². The summed E-state index contributed by atoms with van der Waals surface area (Å²) < 4.78 is 15.4. The van der Waals surface area contributed by atoms with Crippen LogP contribution in [-0.4, -0.2) is 45.0 Å². The smallest absolute Gasteiger partial charge is 0.407 e. The fourth-order valence-electron chi connectivity index (χ4n) is 3.22. The van der Waals surface area contributed by atoms with Gasteiger partial charge in [-0.05, 0) is 22.3 Å². The van der Waals surface area contributed by atoms with E-state index in [0.717, 1.165) is 0 Å². The first-order chi connectivity index (χ1) is 13.2. The van der Waals surface area contributed by atoms with E-state index in [2.05, 4.69) is 29.6 Å². The quantitative estimate of drug-likeness (QED) is 0.572. The van der Waals surface area contributed by atoms with E-state index in [4.69, 9.17) is 14.2 Å². The molecule has 0 saturated carbocycles. The SMILES string of the molecule is CC(=O)OCCOCCNC(=O)OCC1c2ccccc2-c2ccccc21. The predicted octanol–water partition coefficient (Wildman–Crippen LogP) is 3.10. The van der Waals surface area contributed by atoms with Gasteiger partial charge in [0.15, 0.2) is 0 Å². The number of carbonyl (C=O) groups is 2. The summed E-state index contributed by atoms with van der Waals surface area (Å²) in [6.45, 7) is 2.79. The number of nitrogens with one attached hydrogen (secondary N) is 1. The molecule has 0 spiro atoms. The van der Waals surface area contributed by atoms with E-state index < -0.39 is 6.09 Å². The number of benzene rings is 2. The van der Waals surface area contributed by atoms with Gasteiger partial charge in [0.25, 0.3) is 0 Å². The highest BCUT2D eigenvalue weighted by Crippen LogP contribution is 2.44. The Morgan fingerprint density at radius 2 is 1.52 bits per heavy atom. The Morgan fingerprint density at radius 1 is 0.889 bits per heavy atom. The summed E-state index contributed by atoms with van der Waals surface area (Å²) in [6.07, 6.45) is -0.472. The van der Waals surface area contributed by atoms with Crippen molar-refractivity contribution in [3.8, 4) is 11.1 Å². The molecule has 0 unspecified atom stereocenters. The van der Waals surface area contributed by atoms with Crippen molar-refractivity contribution in [2.24, 2.45) is 0 Å². The Bertz CT molecular complexity index is 759. The lowest BCUT2D eigenvalue weighted by molar-refractivity contribution is -0.142. The Labute approximate surface area is 158 Å². The Morgan fingerprint density at radius 3 is 2.15 bits per heavy atom. The Hall–Kier alpha value is -2.86. The van der Waals surface area contributed by atoms with Gasteiger partial charge < -0.3 is 19.5 Å². The minimum absolute atomic E-state index is 0.0446. The van der Waals surface area contributed by atoms with E-state index >= 15 is 0 Å². The molecule has 3 rings (SSSR count). The maximum Gasteiger partial charge on any atom is 0.407 e. The summed E-state index contributed by atoms with van der Waals surface area (Å²) in [4.78, 5) is 22.5. The number of fused-ring (bicyclic) bond motifs is 3. The van der Waals surface area contributed by atoms with E-state index in [1.54, 1.807) is 0 Å². The molecule has 0 saturated heterocycles. The molecule has 2 aromatic carbocycles. The molecule has 27 heavy (non-hydrogen) atoms. The molecule has 1 amide bonds. The van der Waals surface area contributed by atoms with E-state index in [-0.39, 0.29) is 25.1 Å². The van der Waals surface area contributed by atoms with Crippen LogP contribution in [0.15, 0.2) is 48.5 Å². The van der Waals surface area contributed by atoms with Gasteiger partial charge >= 0.3 is 12.1 Å². The highest BCUT2D eigenvalue weighted by molar-refractivity contribution is 5.79. The molecule has 6 heteroatoms. The normalized spacial score (nSPS) is 12.2. The van der Waals surface area contributed by atoms with Crippen LogP contribution in [0, 0.1) is 0 Å². The van der Waals surface area contributed by atoms with Gasteiger partial charge in [0, 0.05) is 19.4 Å². The Kier molecular flexibility index (Phi) is 6.44. The molecule has 0 fully saturated rings. The van der Waals surface area contributed by atoms with Crippen LogP contribution in [0.25, 0.3) is 11.1 Å². The minimum Gasteiger partial charge on any atom is -0.463 e. The molecule has 142 valence electrons. The summed E-state index contributed by atoms with van der Waals surface area (Å²) in [5.74, 6) is -0.293. The lowest BCUT2D eigenvalue weighted by atomic mass is 9.98. The predicted molar refractivity (Wildman–Crippen MR) is 101 cm³/mol. The number of carbonyl (C=O) groups excluding carboxylic acids is 2. The van der Waals surface area contributed by atoms with Crippen molar-refractivity contribution < 1.29 is 23.8 Å². The van der Waals surface area contributed by atoms with Crippen LogP contribution in [0.1, 0.15) is 24.0 Å². The van der Waals surface area contributed by atoms with Crippen LogP contribution >= 0.6 is 0 Å². The standard InChI is InChI=1S/C21H23NO5/c1-15(23)26-13-12-25-11-10-22-21(24)27-14-20-18-8-4-2-6-16(18)17-7-3-5-9-19(17)20/h2-9,20H,10-14H2,1H3,(H,22,24). The molecular formula is C21H23NO5. The molecule has 0 bridgehead atoms. The molecule has 1 aliphatic rings. The van der Waals surface area contributed by atoms with Crippen LogP contribution < -0.4 is 5.32 Å². The van der Waals surface area contributed by atoms with Gasteiger partial charge in [0.05, 0.1) is 13.2 Å². The summed E-state index contributed by atoms with van der Waals surface area (Å²) in [6, 6.07) is 16.4. The maximum atomic E-state index is 11.9. The van der Waals surface area contributed by atoms with Gasteiger partial charge in [-0.15, -0.1) is 0 Å². The zero-order valence-corrected chi connectivity index (χ0v) is 15.3. The third-order valence-electron chi connectivity index (χ3n) is 4.39.